The lowest BCUT2D eigenvalue weighted by molar-refractivity contribution is 0.810. The highest BCUT2D eigenvalue weighted by Gasteiger charge is 2.33. The first-order chi connectivity index (χ1) is 13.6. The highest BCUT2D eigenvalue weighted by Crippen LogP contribution is 2.40. The molecule has 2 nitrogen and oxygen atoms in total. The Bertz CT molecular complexity index is 1070. The lowest BCUT2D eigenvalue weighted by Crippen LogP contribution is -2.26. The van der Waals surface area contributed by atoms with Gasteiger partial charge in [-0.1, -0.05) is 59.7 Å². The standard InChI is InChI=1S/C23H16Cl2N2S/c24-17-8-4-14(5-9-17)12-16-2-1-3-19-21(15-6-10-18(25)11-7-15)20(13-26)23(28)27-22(16)19/h4-12,20H,1-3H2/b16-12+. The van der Waals surface area contributed by atoms with Gasteiger partial charge in [0.2, 0.25) is 0 Å². The molecule has 0 bridgehead atoms. The molecule has 0 spiro atoms. The topological polar surface area (TPSA) is 36.1 Å². The second-order valence-corrected chi connectivity index (χ2v) is 8.13. The predicted octanol–water partition coefficient (Wildman–Crippen LogP) is 6.94. The van der Waals surface area contributed by atoms with Crippen molar-refractivity contribution in [1.29, 1.82) is 5.26 Å². The largest absolute Gasteiger partial charge is 0.239 e. The fraction of sp³-hybridized carbons (Fsp3) is 0.174. The molecule has 2 aliphatic rings. The van der Waals surface area contributed by atoms with Gasteiger partial charge in [0.1, 0.15) is 10.9 Å². The first-order valence-electron chi connectivity index (χ1n) is 9.05. The molecule has 1 fully saturated rings. The van der Waals surface area contributed by atoms with Gasteiger partial charge in [-0.15, -0.1) is 0 Å². The van der Waals surface area contributed by atoms with Crippen molar-refractivity contribution < 1.29 is 0 Å². The number of rotatable bonds is 2. The molecule has 0 aromatic heterocycles. The molecule has 2 aromatic rings. The van der Waals surface area contributed by atoms with E-state index in [1.54, 1.807) is 0 Å². The average molecular weight is 423 g/mol. The van der Waals surface area contributed by atoms with Crippen LogP contribution in [0, 0.1) is 17.2 Å². The third-order valence-electron chi connectivity index (χ3n) is 5.04. The Morgan fingerprint density at radius 3 is 2.29 bits per heavy atom. The highest BCUT2D eigenvalue weighted by atomic mass is 35.5. The number of hydrogen-bond donors (Lipinski definition) is 0. The quantitative estimate of drug-likeness (QED) is 0.491. The molecule has 0 amide bonds. The molecule has 0 N–H and O–H groups in total. The number of fused-ring (bicyclic) bond motifs is 1. The molecule has 1 saturated carbocycles. The smallest absolute Gasteiger partial charge is 0.125 e. The van der Waals surface area contributed by atoms with Crippen molar-refractivity contribution in [2.75, 3.05) is 0 Å². The van der Waals surface area contributed by atoms with Gasteiger partial charge in [-0.25, -0.2) is 4.99 Å². The number of allylic oxidation sites excluding steroid dienone is 2. The van der Waals surface area contributed by atoms with Crippen LogP contribution in [-0.4, -0.2) is 10.7 Å². The molecule has 28 heavy (non-hydrogen) atoms. The van der Waals surface area contributed by atoms with E-state index in [4.69, 9.17) is 40.4 Å². The summed E-state index contributed by atoms with van der Waals surface area (Å²) in [7, 11) is 0. The summed E-state index contributed by atoms with van der Waals surface area (Å²) in [5, 5.41) is 11.2. The van der Waals surface area contributed by atoms with Gasteiger partial charge >= 0.3 is 0 Å². The number of thiocarbonyl (C=S) groups is 1. The molecule has 5 heteroatoms. The minimum atomic E-state index is -0.509. The van der Waals surface area contributed by atoms with Crippen molar-refractivity contribution in [3.8, 4) is 6.07 Å². The van der Waals surface area contributed by atoms with Crippen LogP contribution in [0.5, 0.6) is 0 Å². The number of aliphatic imine (C=N–C) groups is 1. The normalized spacial score (nSPS) is 20.6. The van der Waals surface area contributed by atoms with Crippen molar-refractivity contribution in [1.82, 2.24) is 0 Å². The van der Waals surface area contributed by atoms with Crippen molar-refractivity contribution in [3.05, 3.63) is 80.8 Å². The third-order valence-corrected chi connectivity index (χ3v) is 5.87. The summed E-state index contributed by atoms with van der Waals surface area (Å²) in [6.45, 7) is 0. The molecule has 1 unspecified atom stereocenters. The van der Waals surface area contributed by atoms with E-state index in [-0.39, 0.29) is 0 Å². The second-order valence-electron chi connectivity index (χ2n) is 6.83. The number of hydrogen-bond acceptors (Lipinski definition) is 2. The summed E-state index contributed by atoms with van der Waals surface area (Å²) in [4.78, 5) is 5.12. The molecule has 1 aliphatic heterocycles. The van der Waals surface area contributed by atoms with Crippen LogP contribution in [0.15, 0.2) is 64.7 Å². The van der Waals surface area contributed by atoms with Gasteiger partial charge < -0.3 is 0 Å². The van der Waals surface area contributed by atoms with E-state index < -0.39 is 5.92 Å². The monoisotopic (exact) mass is 422 g/mol. The Morgan fingerprint density at radius 2 is 1.64 bits per heavy atom. The Kier molecular flexibility index (Phi) is 5.46. The van der Waals surface area contributed by atoms with E-state index in [0.717, 1.165) is 52.8 Å². The Balaban J connectivity index is 1.85. The maximum atomic E-state index is 9.77. The summed E-state index contributed by atoms with van der Waals surface area (Å²) in [6.07, 6.45) is 4.97. The van der Waals surface area contributed by atoms with Gasteiger partial charge in [-0.2, -0.15) is 5.26 Å². The van der Waals surface area contributed by atoms with E-state index in [0.29, 0.717) is 15.0 Å². The van der Waals surface area contributed by atoms with Crippen molar-refractivity contribution in [3.63, 3.8) is 0 Å². The van der Waals surface area contributed by atoms with Crippen LogP contribution < -0.4 is 0 Å². The first kappa shape index (κ1) is 19.1. The van der Waals surface area contributed by atoms with Gasteiger partial charge in [0, 0.05) is 10.0 Å². The average Bonchev–Trinajstić information content (AvgIpc) is 2.70. The Morgan fingerprint density at radius 1 is 1.00 bits per heavy atom. The molecular weight excluding hydrogens is 407 g/mol. The molecule has 1 aliphatic carbocycles. The number of nitrogens with zero attached hydrogens (tertiary/aromatic N) is 2. The predicted molar refractivity (Wildman–Crippen MR) is 121 cm³/mol. The van der Waals surface area contributed by atoms with Crippen molar-refractivity contribution >= 4 is 57.8 Å². The minimum Gasteiger partial charge on any atom is -0.239 e. The molecule has 0 radical (unpaired) electrons. The van der Waals surface area contributed by atoms with Crippen LogP contribution in [0.4, 0.5) is 0 Å². The molecular formula is C23H16Cl2N2S. The van der Waals surface area contributed by atoms with Crippen LogP contribution in [-0.2, 0) is 0 Å². The molecule has 2 aromatic carbocycles. The molecule has 4 rings (SSSR count). The zero-order valence-electron chi connectivity index (χ0n) is 15.0. The molecule has 1 heterocycles. The molecule has 138 valence electrons. The van der Waals surface area contributed by atoms with Gasteiger partial charge in [-0.05, 0) is 77.5 Å². The van der Waals surface area contributed by atoms with Crippen LogP contribution in [0.25, 0.3) is 11.6 Å². The highest BCUT2D eigenvalue weighted by molar-refractivity contribution is 7.80. The maximum absolute atomic E-state index is 9.77. The second kappa shape index (κ2) is 8.01. The van der Waals surface area contributed by atoms with E-state index in [1.165, 1.54) is 0 Å². The Hall–Kier alpha value is -2.25. The maximum Gasteiger partial charge on any atom is 0.125 e. The molecule has 1 atom stereocenters. The van der Waals surface area contributed by atoms with E-state index in [2.05, 4.69) is 12.1 Å². The van der Waals surface area contributed by atoms with Crippen LogP contribution in [0.1, 0.15) is 30.4 Å². The van der Waals surface area contributed by atoms with E-state index in [1.807, 2.05) is 48.5 Å². The van der Waals surface area contributed by atoms with Crippen LogP contribution in [0.3, 0.4) is 0 Å². The lowest BCUT2D eigenvalue weighted by Gasteiger charge is -2.30. The van der Waals surface area contributed by atoms with Crippen molar-refractivity contribution in [2.24, 2.45) is 10.9 Å². The number of nitriles is 1. The van der Waals surface area contributed by atoms with Gasteiger partial charge in [-0.3, -0.25) is 0 Å². The summed E-state index contributed by atoms with van der Waals surface area (Å²) < 4.78 is 0. The van der Waals surface area contributed by atoms with E-state index >= 15 is 0 Å². The SMILES string of the molecule is N#CC1C(=S)N=C2C(=C1c1ccc(Cl)cc1)CCC/C2=C\c1ccc(Cl)cc1. The third kappa shape index (κ3) is 3.69. The summed E-state index contributed by atoms with van der Waals surface area (Å²) in [5.74, 6) is -0.509. The molecule has 0 saturated heterocycles. The van der Waals surface area contributed by atoms with E-state index in [9.17, 15) is 5.26 Å². The summed E-state index contributed by atoms with van der Waals surface area (Å²) >= 11 is 17.6. The number of halogens is 2. The minimum absolute atomic E-state index is 0.426. The van der Waals surface area contributed by atoms with Gasteiger partial charge in [0.15, 0.2) is 0 Å². The van der Waals surface area contributed by atoms with Crippen LogP contribution >= 0.6 is 35.4 Å². The fourth-order valence-corrected chi connectivity index (χ4v) is 4.26. The number of dihydropyridines is 1. The Labute approximate surface area is 179 Å². The van der Waals surface area contributed by atoms with Gasteiger partial charge in [0.05, 0.1) is 11.8 Å². The lowest BCUT2D eigenvalue weighted by atomic mass is 9.77. The summed E-state index contributed by atoms with van der Waals surface area (Å²) in [6, 6.07) is 17.7. The van der Waals surface area contributed by atoms with Gasteiger partial charge in [0.25, 0.3) is 0 Å². The first-order valence-corrected chi connectivity index (χ1v) is 10.2. The zero-order chi connectivity index (χ0) is 19.7. The van der Waals surface area contributed by atoms with Crippen LogP contribution in [0.2, 0.25) is 10.0 Å². The summed E-state index contributed by atoms with van der Waals surface area (Å²) in [5.41, 5.74) is 6.21. The zero-order valence-corrected chi connectivity index (χ0v) is 17.3. The fourth-order valence-electron chi connectivity index (χ4n) is 3.75. The number of benzene rings is 2. The van der Waals surface area contributed by atoms with Crippen molar-refractivity contribution in [2.45, 2.75) is 19.3 Å².